The Hall–Kier alpha value is -0.860. The molecule has 0 unspecified atom stereocenters. The lowest BCUT2D eigenvalue weighted by molar-refractivity contribution is -0.140. The first-order valence-corrected chi connectivity index (χ1v) is 6.02. The van der Waals surface area contributed by atoms with Crippen molar-refractivity contribution in [2.75, 3.05) is 13.2 Å². The summed E-state index contributed by atoms with van der Waals surface area (Å²) < 4.78 is 11.3. The zero-order chi connectivity index (χ0) is 12.0. The summed E-state index contributed by atoms with van der Waals surface area (Å²) in [7, 11) is 0. The Morgan fingerprint density at radius 1 is 0.938 bits per heavy atom. The molecule has 0 N–H and O–H groups in total. The largest absolute Gasteiger partial charge is 0.349 e. The van der Waals surface area contributed by atoms with Crippen LogP contribution in [0, 0.1) is 0 Å². The minimum absolute atomic E-state index is 0.228. The zero-order valence-electron chi connectivity index (χ0n) is 10.7. The van der Waals surface area contributed by atoms with Crippen molar-refractivity contribution < 1.29 is 9.47 Å². The van der Waals surface area contributed by atoms with Crippen LogP contribution in [0.1, 0.15) is 51.0 Å². The van der Waals surface area contributed by atoms with Crippen LogP contribution in [0.2, 0.25) is 0 Å². The molecule has 0 aliphatic carbocycles. The second-order valence-electron chi connectivity index (χ2n) is 4.03. The lowest BCUT2D eigenvalue weighted by atomic mass is 9.97. The maximum Gasteiger partial charge on any atom is 0.184 e. The first kappa shape index (κ1) is 13.2. The summed E-state index contributed by atoms with van der Waals surface area (Å²) in [5, 5.41) is 0. The van der Waals surface area contributed by atoms with Crippen molar-refractivity contribution in [3.8, 4) is 0 Å². The van der Waals surface area contributed by atoms with Gasteiger partial charge in [-0.05, 0) is 25.3 Å². The molecule has 1 rings (SSSR count). The van der Waals surface area contributed by atoms with Gasteiger partial charge in [0.05, 0.1) is 0 Å². The Morgan fingerprint density at radius 2 is 1.44 bits per heavy atom. The Morgan fingerprint density at radius 3 is 1.88 bits per heavy atom. The van der Waals surface area contributed by atoms with Crippen LogP contribution < -0.4 is 0 Å². The number of ether oxygens (including phenoxy) is 2. The number of rotatable bonds is 6. The Balaban J connectivity index is 2.97. The maximum atomic E-state index is 5.64. The van der Waals surface area contributed by atoms with Crippen LogP contribution in [0.5, 0.6) is 0 Å². The van der Waals surface area contributed by atoms with Crippen LogP contribution in [0.3, 0.4) is 0 Å². The normalized spacial score (nSPS) is 11.4. The summed E-state index contributed by atoms with van der Waals surface area (Å²) in [6.45, 7) is 9.68. The SMILES string of the molecule is CCOC(OCC)c1ccccc1C(C)C. The van der Waals surface area contributed by atoms with Crippen LogP contribution in [-0.2, 0) is 9.47 Å². The number of hydrogen-bond donors (Lipinski definition) is 0. The molecule has 0 bridgehead atoms. The molecule has 0 saturated heterocycles. The van der Waals surface area contributed by atoms with Gasteiger partial charge in [0, 0.05) is 18.8 Å². The molecule has 1 aromatic rings. The van der Waals surface area contributed by atoms with Crippen LogP contribution in [-0.4, -0.2) is 13.2 Å². The van der Waals surface area contributed by atoms with Crippen molar-refractivity contribution in [2.45, 2.75) is 39.9 Å². The Bertz CT molecular complexity index is 301. The van der Waals surface area contributed by atoms with E-state index in [1.54, 1.807) is 0 Å². The third-order valence-electron chi connectivity index (χ3n) is 2.51. The van der Waals surface area contributed by atoms with Gasteiger partial charge in [0.1, 0.15) is 0 Å². The minimum Gasteiger partial charge on any atom is -0.349 e. The fourth-order valence-electron chi connectivity index (χ4n) is 1.78. The average Bonchev–Trinajstić information content (AvgIpc) is 2.29. The van der Waals surface area contributed by atoms with Crippen molar-refractivity contribution in [3.63, 3.8) is 0 Å². The third kappa shape index (κ3) is 3.32. The summed E-state index contributed by atoms with van der Waals surface area (Å²) in [6, 6.07) is 8.33. The van der Waals surface area contributed by atoms with Crippen molar-refractivity contribution >= 4 is 0 Å². The van der Waals surface area contributed by atoms with E-state index in [1.807, 2.05) is 19.9 Å². The smallest absolute Gasteiger partial charge is 0.184 e. The first-order valence-electron chi connectivity index (χ1n) is 6.02. The van der Waals surface area contributed by atoms with Crippen molar-refractivity contribution in [1.82, 2.24) is 0 Å². The van der Waals surface area contributed by atoms with E-state index in [2.05, 4.69) is 32.0 Å². The van der Waals surface area contributed by atoms with E-state index in [0.717, 1.165) is 5.56 Å². The molecule has 0 radical (unpaired) electrons. The van der Waals surface area contributed by atoms with Gasteiger partial charge in [-0.15, -0.1) is 0 Å². The lowest BCUT2D eigenvalue weighted by Gasteiger charge is -2.21. The third-order valence-corrected chi connectivity index (χ3v) is 2.51. The Labute approximate surface area is 98.6 Å². The predicted octanol–water partition coefficient (Wildman–Crippen LogP) is 3.88. The van der Waals surface area contributed by atoms with E-state index in [4.69, 9.17) is 9.47 Å². The molecule has 0 aliphatic heterocycles. The fraction of sp³-hybridized carbons (Fsp3) is 0.571. The molecule has 0 saturated carbocycles. The van der Waals surface area contributed by atoms with Crippen LogP contribution >= 0.6 is 0 Å². The molecule has 0 aromatic heterocycles. The van der Waals surface area contributed by atoms with E-state index in [1.165, 1.54) is 5.56 Å². The summed E-state index contributed by atoms with van der Waals surface area (Å²) in [6.07, 6.45) is -0.228. The van der Waals surface area contributed by atoms with Gasteiger partial charge in [0.15, 0.2) is 6.29 Å². The highest BCUT2D eigenvalue weighted by Gasteiger charge is 2.16. The highest BCUT2D eigenvalue weighted by molar-refractivity contribution is 5.30. The Kier molecular flexibility index (Phi) is 5.50. The molecule has 0 spiro atoms. The van der Waals surface area contributed by atoms with Crippen LogP contribution in [0.4, 0.5) is 0 Å². The summed E-state index contributed by atoms with van der Waals surface area (Å²) in [5.74, 6) is 0.486. The molecular formula is C14H22O2. The molecule has 0 amide bonds. The van der Waals surface area contributed by atoms with Gasteiger partial charge in [-0.1, -0.05) is 38.1 Å². The molecule has 16 heavy (non-hydrogen) atoms. The molecule has 0 heterocycles. The van der Waals surface area contributed by atoms with Gasteiger partial charge >= 0.3 is 0 Å². The fourth-order valence-corrected chi connectivity index (χ4v) is 1.78. The minimum atomic E-state index is -0.228. The second-order valence-corrected chi connectivity index (χ2v) is 4.03. The summed E-state index contributed by atoms with van der Waals surface area (Å²) in [4.78, 5) is 0. The van der Waals surface area contributed by atoms with Gasteiger partial charge in [0.2, 0.25) is 0 Å². The number of benzene rings is 1. The molecule has 2 nitrogen and oxygen atoms in total. The van der Waals surface area contributed by atoms with Gasteiger partial charge in [-0.25, -0.2) is 0 Å². The highest BCUT2D eigenvalue weighted by atomic mass is 16.7. The average molecular weight is 222 g/mol. The van der Waals surface area contributed by atoms with E-state index >= 15 is 0 Å². The van der Waals surface area contributed by atoms with E-state index < -0.39 is 0 Å². The molecule has 2 heteroatoms. The number of hydrogen-bond acceptors (Lipinski definition) is 2. The molecular weight excluding hydrogens is 200 g/mol. The maximum absolute atomic E-state index is 5.64. The van der Waals surface area contributed by atoms with E-state index in [9.17, 15) is 0 Å². The van der Waals surface area contributed by atoms with Crippen LogP contribution in [0.15, 0.2) is 24.3 Å². The quantitative estimate of drug-likeness (QED) is 0.680. The van der Waals surface area contributed by atoms with E-state index in [-0.39, 0.29) is 6.29 Å². The van der Waals surface area contributed by atoms with Gasteiger partial charge < -0.3 is 9.47 Å². The van der Waals surface area contributed by atoms with Crippen molar-refractivity contribution in [1.29, 1.82) is 0 Å². The predicted molar refractivity (Wildman–Crippen MR) is 66.5 cm³/mol. The molecule has 0 aliphatic rings. The summed E-state index contributed by atoms with van der Waals surface area (Å²) >= 11 is 0. The second kappa shape index (κ2) is 6.66. The highest BCUT2D eigenvalue weighted by Crippen LogP contribution is 2.27. The molecule has 0 fully saturated rings. The van der Waals surface area contributed by atoms with Gasteiger partial charge in [-0.3, -0.25) is 0 Å². The molecule has 90 valence electrons. The molecule has 0 atom stereocenters. The van der Waals surface area contributed by atoms with Gasteiger partial charge in [-0.2, -0.15) is 0 Å². The standard InChI is InChI=1S/C14H22O2/c1-5-15-14(16-6-2)13-10-8-7-9-12(13)11(3)4/h7-11,14H,5-6H2,1-4H3. The van der Waals surface area contributed by atoms with Crippen molar-refractivity contribution in [3.05, 3.63) is 35.4 Å². The topological polar surface area (TPSA) is 18.5 Å². The first-order chi connectivity index (χ1) is 7.70. The monoisotopic (exact) mass is 222 g/mol. The van der Waals surface area contributed by atoms with Crippen LogP contribution in [0.25, 0.3) is 0 Å². The van der Waals surface area contributed by atoms with Gasteiger partial charge in [0.25, 0.3) is 0 Å². The van der Waals surface area contributed by atoms with E-state index in [0.29, 0.717) is 19.1 Å². The lowest BCUT2D eigenvalue weighted by Crippen LogP contribution is -2.11. The molecule has 1 aromatic carbocycles. The summed E-state index contributed by atoms with van der Waals surface area (Å²) in [5.41, 5.74) is 2.45. The zero-order valence-corrected chi connectivity index (χ0v) is 10.7. The van der Waals surface area contributed by atoms with Crippen molar-refractivity contribution in [2.24, 2.45) is 0 Å².